The number of anilines is 2. The van der Waals surface area contributed by atoms with E-state index in [-0.39, 0.29) is 6.03 Å². The molecule has 0 spiro atoms. The predicted octanol–water partition coefficient (Wildman–Crippen LogP) is 1.23. The number of carbonyl (C=O) groups excluding carboxylic acids is 1. The third kappa shape index (κ3) is 2.49. The van der Waals surface area contributed by atoms with Crippen molar-refractivity contribution in [3.05, 3.63) is 30.1 Å². The van der Waals surface area contributed by atoms with Gasteiger partial charge in [0.2, 0.25) is 0 Å². The van der Waals surface area contributed by atoms with Crippen molar-refractivity contribution in [2.75, 3.05) is 23.3 Å². The van der Waals surface area contributed by atoms with Crippen molar-refractivity contribution in [2.24, 2.45) is 7.05 Å². The molecular formula is C15H19N7O. The minimum absolute atomic E-state index is 0.126. The smallest absolute Gasteiger partial charge is 0.323 e. The predicted molar refractivity (Wildman–Crippen MR) is 85.0 cm³/mol. The van der Waals surface area contributed by atoms with Crippen LogP contribution < -0.4 is 10.2 Å². The summed E-state index contributed by atoms with van der Waals surface area (Å²) in [6, 6.07) is 4.19. The van der Waals surface area contributed by atoms with E-state index in [2.05, 4.69) is 31.6 Å². The Labute approximate surface area is 134 Å². The number of fused-ring (bicyclic) bond motifs is 3. The molecule has 8 heteroatoms. The number of nitrogens with zero attached hydrogens (tertiary/aromatic N) is 6. The maximum Gasteiger partial charge on any atom is 0.323 e. The molecule has 2 amide bonds. The van der Waals surface area contributed by atoms with Crippen LogP contribution >= 0.6 is 0 Å². The second-order valence-corrected chi connectivity index (χ2v) is 6.03. The lowest BCUT2D eigenvalue weighted by Gasteiger charge is -2.26. The minimum Gasteiger partial charge on any atom is -0.352 e. The first kappa shape index (κ1) is 14.0. The summed E-state index contributed by atoms with van der Waals surface area (Å²) in [6.07, 6.45) is 5.60. The van der Waals surface area contributed by atoms with Crippen LogP contribution in [-0.2, 0) is 13.6 Å². The number of hydrogen-bond donors (Lipinski definition) is 1. The fraction of sp³-hybridized carbons (Fsp3) is 0.467. The van der Waals surface area contributed by atoms with E-state index in [1.807, 2.05) is 17.2 Å². The fourth-order valence-electron chi connectivity index (χ4n) is 3.39. The average molecular weight is 313 g/mol. The topological polar surface area (TPSA) is 79.2 Å². The van der Waals surface area contributed by atoms with Crippen molar-refractivity contribution in [1.29, 1.82) is 0 Å². The first-order chi connectivity index (χ1) is 11.2. The molecule has 1 N–H and O–H groups in total. The summed E-state index contributed by atoms with van der Waals surface area (Å²) in [5.41, 5.74) is 1.09. The quantitative estimate of drug-likeness (QED) is 0.856. The van der Waals surface area contributed by atoms with Gasteiger partial charge in [-0.3, -0.25) is 5.32 Å². The maximum absolute atomic E-state index is 12.7. The maximum atomic E-state index is 12.7. The van der Waals surface area contributed by atoms with E-state index in [1.54, 1.807) is 17.9 Å². The van der Waals surface area contributed by atoms with Gasteiger partial charge in [-0.25, -0.2) is 14.5 Å². The van der Waals surface area contributed by atoms with E-state index in [4.69, 9.17) is 0 Å². The summed E-state index contributed by atoms with van der Waals surface area (Å²) in [5.74, 6) is 1.61. The minimum atomic E-state index is -0.126. The van der Waals surface area contributed by atoms with Crippen LogP contribution in [0.5, 0.6) is 0 Å². The van der Waals surface area contributed by atoms with Gasteiger partial charge in [-0.2, -0.15) is 0 Å². The number of carbonyl (C=O) groups is 1. The Balaban J connectivity index is 1.60. The van der Waals surface area contributed by atoms with Crippen LogP contribution in [0.25, 0.3) is 0 Å². The molecule has 0 aromatic carbocycles. The Morgan fingerprint density at radius 2 is 2.35 bits per heavy atom. The van der Waals surface area contributed by atoms with Crippen LogP contribution in [0.3, 0.4) is 0 Å². The van der Waals surface area contributed by atoms with Crippen molar-refractivity contribution in [3.8, 4) is 0 Å². The van der Waals surface area contributed by atoms with Gasteiger partial charge in [0, 0.05) is 37.9 Å². The zero-order chi connectivity index (χ0) is 15.8. The third-order valence-corrected chi connectivity index (χ3v) is 4.55. The molecule has 23 heavy (non-hydrogen) atoms. The Morgan fingerprint density at radius 1 is 1.43 bits per heavy atom. The number of nitrogens with one attached hydrogen (secondary N) is 1. The van der Waals surface area contributed by atoms with Gasteiger partial charge in [0.15, 0.2) is 5.82 Å². The summed E-state index contributed by atoms with van der Waals surface area (Å²) < 4.78 is 1.55. The lowest BCUT2D eigenvalue weighted by molar-refractivity contribution is 0.207. The first-order valence-corrected chi connectivity index (χ1v) is 7.83. The molecule has 0 aliphatic carbocycles. The van der Waals surface area contributed by atoms with Gasteiger partial charge in [0.25, 0.3) is 0 Å². The van der Waals surface area contributed by atoms with Crippen LogP contribution in [0.15, 0.2) is 24.5 Å². The van der Waals surface area contributed by atoms with Crippen LogP contribution in [0.2, 0.25) is 0 Å². The van der Waals surface area contributed by atoms with Gasteiger partial charge in [-0.05, 0) is 18.9 Å². The molecule has 2 aromatic rings. The number of aryl methyl sites for hydroxylation is 1. The van der Waals surface area contributed by atoms with Gasteiger partial charge < -0.3 is 9.80 Å². The average Bonchev–Trinajstić information content (AvgIpc) is 3.13. The third-order valence-electron chi connectivity index (χ3n) is 4.55. The van der Waals surface area contributed by atoms with Crippen molar-refractivity contribution in [1.82, 2.24) is 24.9 Å². The molecular weight excluding hydrogens is 294 g/mol. The van der Waals surface area contributed by atoms with Crippen LogP contribution in [0, 0.1) is 0 Å². The standard InChI is InChI=1S/C15H19N7O/c1-20-13(8-17-19-20)18-15(23)21-9-11-4-2-6-16-14(11)22-7-3-5-12(22)10-21/h2,4,6,8,12H,3,5,7,9-10H2,1H3,(H,18,23)/t12-/m1/s1. The highest BCUT2D eigenvalue weighted by molar-refractivity contribution is 5.88. The van der Waals surface area contributed by atoms with E-state index < -0.39 is 0 Å². The molecule has 0 saturated carbocycles. The highest BCUT2D eigenvalue weighted by Crippen LogP contribution is 2.31. The van der Waals surface area contributed by atoms with E-state index in [0.29, 0.717) is 24.9 Å². The Bertz CT molecular complexity index is 728. The molecule has 0 unspecified atom stereocenters. The summed E-state index contributed by atoms with van der Waals surface area (Å²) in [5, 5.41) is 10.5. The monoisotopic (exact) mass is 313 g/mol. The van der Waals surface area contributed by atoms with Crippen molar-refractivity contribution in [3.63, 3.8) is 0 Å². The number of urea groups is 1. The molecule has 2 aliphatic heterocycles. The fourth-order valence-corrected chi connectivity index (χ4v) is 3.39. The highest BCUT2D eigenvalue weighted by atomic mass is 16.2. The highest BCUT2D eigenvalue weighted by Gasteiger charge is 2.34. The van der Waals surface area contributed by atoms with E-state index in [1.165, 1.54) is 0 Å². The summed E-state index contributed by atoms with van der Waals surface area (Å²) >= 11 is 0. The van der Waals surface area contributed by atoms with Crippen molar-refractivity contribution < 1.29 is 4.79 Å². The summed E-state index contributed by atoms with van der Waals surface area (Å²) in [6.45, 7) is 2.27. The zero-order valence-corrected chi connectivity index (χ0v) is 13.0. The molecule has 2 aromatic heterocycles. The van der Waals surface area contributed by atoms with Gasteiger partial charge >= 0.3 is 6.03 Å². The SMILES string of the molecule is Cn1nncc1NC(=O)N1Cc2cccnc2N2CCC[C@@H]2C1. The first-order valence-electron chi connectivity index (χ1n) is 7.83. The second kappa shape index (κ2) is 5.53. The molecule has 120 valence electrons. The number of hydrogen-bond acceptors (Lipinski definition) is 5. The Morgan fingerprint density at radius 3 is 3.17 bits per heavy atom. The number of aromatic nitrogens is 4. The number of rotatable bonds is 1. The van der Waals surface area contributed by atoms with E-state index in [9.17, 15) is 4.79 Å². The van der Waals surface area contributed by atoms with Gasteiger partial charge in [0.1, 0.15) is 5.82 Å². The molecule has 4 heterocycles. The Kier molecular flexibility index (Phi) is 3.36. The Hall–Kier alpha value is -2.64. The summed E-state index contributed by atoms with van der Waals surface area (Å²) in [7, 11) is 1.75. The largest absolute Gasteiger partial charge is 0.352 e. The number of amides is 2. The lowest BCUT2D eigenvalue weighted by atomic mass is 10.2. The lowest BCUT2D eigenvalue weighted by Crippen LogP contribution is -2.42. The molecule has 8 nitrogen and oxygen atoms in total. The molecule has 1 saturated heterocycles. The van der Waals surface area contributed by atoms with Gasteiger partial charge in [-0.15, -0.1) is 5.10 Å². The molecule has 4 rings (SSSR count). The van der Waals surface area contributed by atoms with Crippen LogP contribution in [-0.4, -0.2) is 50.0 Å². The van der Waals surface area contributed by atoms with Crippen LogP contribution in [0.1, 0.15) is 18.4 Å². The molecule has 1 atom stereocenters. The zero-order valence-electron chi connectivity index (χ0n) is 13.0. The summed E-state index contributed by atoms with van der Waals surface area (Å²) in [4.78, 5) is 21.4. The number of pyridine rings is 1. The molecule has 0 bridgehead atoms. The normalized spacial score (nSPS) is 20.0. The van der Waals surface area contributed by atoms with Crippen LogP contribution in [0.4, 0.5) is 16.4 Å². The van der Waals surface area contributed by atoms with Crippen molar-refractivity contribution in [2.45, 2.75) is 25.4 Å². The second-order valence-electron chi connectivity index (χ2n) is 6.03. The van der Waals surface area contributed by atoms with E-state index in [0.717, 1.165) is 30.8 Å². The van der Waals surface area contributed by atoms with Gasteiger partial charge in [-0.1, -0.05) is 11.3 Å². The molecule has 1 fully saturated rings. The molecule has 0 radical (unpaired) electrons. The van der Waals surface area contributed by atoms with Gasteiger partial charge in [0.05, 0.1) is 12.7 Å². The molecule has 2 aliphatic rings. The van der Waals surface area contributed by atoms with Crippen molar-refractivity contribution >= 4 is 17.7 Å². The van der Waals surface area contributed by atoms with E-state index >= 15 is 0 Å².